The largest absolute Gasteiger partial charge is 0.352 e. The first-order valence-corrected chi connectivity index (χ1v) is 8.99. The highest BCUT2D eigenvalue weighted by Crippen LogP contribution is 2.19. The minimum absolute atomic E-state index is 0.0658. The molecule has 1 aliphatic rings. The van der Waals surface area contributed by atoms with Crippen LogP contribution >= 0.6 is 0 Å². The van der Waals surface area contributed by atoms with Crippen molar-refractivity contribution in [3.05, 3.63) is 35.4 Å². The molecule has 0 radical (unpaired) electrons. The summed E-state index contributed by atoms with van der Waals surface area (Å²) in [5.74, 6) is -0.317. The van der Waals surface area contributed by atoms with Gasteiger partial charge < -0.3 is 5.32 Å². The third-order valence-electron chi connectivity index (χ3n) is 3.81. The van der Waals surface area contributed by atoms with Crippen molar-refractivity contribution < 1.29 is 13.2 Å². The lowest BCUT2D eigenvalue weighted by Crippen LogP contribution is -2.44. The maximum Gasteiger partial charge on any atom is 0.224 e. The molecule has 1 aromatic carbocycles. The van der Waals surface area contributed by atoms with Crippen LogP contribution in [-0.2, 0) is 21.4 Å². The Morgan fingerprint density at radius 1 is 1.33 bits per heavy atom. The molecule has 116 valence electrons. The van der Waals surface area contributed by atoms with Crippen LogP contribution in [0.15, 0.2) is 24.3 Å². The van der Waals surface area contributed by atoms with Gasteiger partial charge in [-0.2, -0.15) is 0 Å². The number of carbonyl (C=O) groups excluding carboxylic acids is 1. The van der Waals surface area contributed by atoms with Crippen LogP contribution in [-0.4, -0.2) is 38.0 Å². The van der Waals surface area contributed by atoms with Gasteiger partial charge >= 0.3 is 0 Å². The van der Waals surface area contributed by atoms with Gasteiger partial charge in [-0.1, -0.05) is 29.8 Å². The van der Waals surface area contributed by atoms with Crippen LogP contribution < -0.4 is 5.32 Å². The van der Waals surface area contributed by atoms with Gasteiger partial charge in [0.05, 0.1) is 12.2 Å². The van der Waals surface area contributed by atoms with E-state index in [1.165, 1.54) is 16.1 Å². The predicted octanol–water partition coefficient (Wildman–Crippen LogP) is 1.28. The molecule has 2 rings (SSSR count). The molecule has 0 unspecified atom stereocenters. The highest BCUT2D eigenvalue weighted by Gasteiger charge is 2.29. The van der Waals surface area contributed by atoms with Crippen molar-refractivity contribution in [2.24, 2.45) is 5.92 Å². The molecule has 1 aromatic rings. The lowest BCUT2D eigenvalue weighted by Gasteiger charge is -2.30. The van der Waals surface area contributed by atoms with Gasteiger partial charge in [0.25, 0.3) is 0 Å². The summed E-state index contributed by atoms with van der Waals surface area (Å²) in [4.78, 5) is 12.2. The van der Waals surface area contributed by atoms with Crippen LogP contribution in [0.3, 0.4) is 0 Å². The molecule has 1 N–H and O–H groups in total. The number of aryl methyl sites for hydroxylation is 1. The van der Waals surface area contributed by atoms with Crippen molar-refractivity contribution in [2.45, 2.75) is 26.3 Å². The summed E-state index contributed by atoms with van der Waals surface area (Å²) in [6.45, 7) is 3.30. The first-order chi connectivity index (χ1) is 9.86. The van der Waals surface area contributed by atoms with Gasteiger partial charge in [0, 0.05) is 19.6 Å². The molecule has 0 bridgehead atoms. The van der Waals surface area contributed by atoms with E-state index in [1.54, 1.807) is 0 Å². The first kappa shape index (κ1) is 16.0. The fourth-order valence-electron chi connectivity index (χ4n) is 2.50. The first-order valence-electron chi connectivity index (χ1n) is 7.14. The number of nitrogens with zero attached hydrogens (tertiary/aromatic N) is 1. The maximum absolute atomic E-state index is 12.2. The molecule has 0 aromatic heterocycles. The zero-order chi connectivity index (χ0) is 15.5. The lowest BCUT2D eigenvalue weighted by atomic mass is 9.98. The average Bonchev–Trinajstić information content (AvgIpc) is 2.45. The van der Waals surface area contributed by atoms with E-state index in [0.29, 0.717) is 19.6 Å². The zero-order valence-electron chi connectivity index (χ0n) is 12.5. The van der Waals surface area contributed by atoms with Crippen LogP contribution in [0.4, 0.5) is 0 Å². The van der Waals surface area contributed by atoms with E-state index in [1.807, 2.05) is 31.2 Å². The fraction of sp³-hybridized carbons (Fsp3) is 0.533. The van der Waals surface area contributed by atoms with Gasteiger partial charge in [0.15, 0.2) is 0 Å². The molecule has 0 saturated carbocycles. The minimum Gasteiger partial charge on any atom is -0.352 e. The quantitative estimate of drug-likeness (QED) is 0.911. The molecule has 0 spiro atoms. The third-order valence-corrected chi connectivity index (χ3v) is 5.08. The number of rotatable bonds is 4. The van der Waals surface area contributed by atoms with E-state index in [2.05, 4.69) is 5.32 Å². The summed E-state index contributed by atoms with van der Waals surface area (Å²) in [7, 11) is -3.21. The summed E-state index contributed by atoms with van der Waals surface area (Å²) in [5.41, 5.74) is 2.23. The molecule has 1 fully saturated rings. The van der Waals surface area contributed by atoms with E-state index >= 15 is 0 Å². The Labute approximate surface area is 126 Å². The molecule has 1 heterocycles. The second-order valence-corrected chi connectivity index (χ2v) is 7.65. The van der Waals surface area contributed by atoms with Gasteiger partial charge in [-0.3, -0.25) is 4.79 Å². The van der Waals surface area contributed by atoms with Crippen LogP contribution in [0.25, 0.3) is 0 Å². The van der Waals surface area contributed by atoms with Gasteiger partial charge in [-0.15, -0.1) is 0 Å². The summed E-state index contributed by atoms with van der Waals surface area (Å²) >= 11 is 0. The Kier molecular flexibility index (Phi) is 5.00. The van der Waals surface area contributed by atoms with E-state index in [4.69, 9.17) is 0 Å². The number of carbonyl (C=O) groups is 1. The fourth-order valence-corrected chi connectivity index (χ4v) is 3.41. The number of nitrogens with one attached hydrogen (secondary N) is 1. The van der Waals surface area contributed by atoms with E-state index < -0.39 is 10.0 Å². The highest BCUT2D eigenvalue weighted by molar-refractivity contribution is 7.88. The highest BCUT2D eigenvalue weighted by atomic mass is 32.2. The van der Waals surface area contributed by atoms with Crippen LogP contribution in [0.1, 0.15) is 24.0 Å². The average molecular weight is 310 g/mol. The molecule has 0 aliphatic carbocycles. The standard InChI is InChI=1S/C15H22N2O3S/c1-12-5-7-13(8-6-12)10-16-15(18)14-4-3-9-17(11-14)21(2,19)20/h5-8,14H,3-4,9-11H2,1-2H3,(H,16,18)/t14-/m1/s1. The number of sulfonamides is 1. The summed E-state index contributed by atoms with van der Waals surface area (Å²) in [5, 5.41) is 2.90. The van der Waals surface area contributed by atoms with Crippen LogP contribution in [0.5, 0.6) is 0 Å². The van der Waals surface area contributed by atoms with Crippen molar-refractivity contribution in [1.82, 2.24) is 9.62 Å². The Morgan fingerprint density at radius 3 is 2.62 bits per heavy atom. The van der Waals surface area contributed by atoms with Crippen LogP contribution in [0, 0.1) is 12.8 Å². The van der Waals surface area contributed by atoms with E-state index in [0.717, 1.165) is 18.4 Å². The van der Waals surface area contributed by atoms with E-state index in [9.17, 15) is 13.2 Å². The number of hydrogen-bond donors (Lipinski definition) is 1. The topological polar surface area (TPSA) is 66.5 Å². The third kappa shape index (κ3) is 4.54. The number of amides is 1. The normalized spacial score (nSPS) is 20.2. The van der Waals surface area contributed by atoms with Crippen molar-refractivity contribution in [3.8, 4) is 0 Å². The van der Waals surface area contributed by atoms with Crippen LogP contribution in [0.2, 0.25) is 0 Å². The summed E-state index contributed by atoms with van der Waals surface area (Å²) in [6, 6.07) is 7.99. The van der Waals surface area contributed by atoms with Gasteiger partial charge in [0.2, 0.25) is 15.9 Å². The Bertz CT molecular complexity index is 596. The minimum atomic E-state index is -3.21. The second kappa shape index (κ2) is 6.58. The van der Waals surface area contributed by atoms with Gasteiger partial charge in [0.1, 0.15) is 0 Å². The van der Waals surface area contributed by atoms with Crippen molar-refractivity contribution >= 4 is 15.9 Å². The molecule has 1 saturated heterocycles. The molecule has 21 heavy (non-hydrogen) atoms. The number of hydrogen-bond acceptors (Lipinski definition) is 3. The summed E-state index contributed by atoms with van der Waals surface area (Å²) in [6.07, 6.45) is 2.67. The number of piperidine rings is 1. The lowest BCUT2D eigenvalue weighted by molar-refractivity contribution is -0.126. The Balaban J connectivity index is 1.89. The van der Waals surface area contributed by atoms with Gasteiger partial charge in [-0.05, 0) is 25.3 Å². The van der Waals surface area contributed by atoms with Crippen molar-refractivity contribution in [2.75, 3.05) is 19.3 Å². The smallest absolute Gasteiger partial charge is 0.224 e. The maximum atomic E-state index is 12.2. The number of benzene rings is 1. The Hall–Kier alpha value is -1.40. The van der Waals surface area contributed by atoms with Crippen molar-refractivity contribution in [3.63, 3.8) is 0 Å². The predicted molar refractivity (Wildman–Crippen MR) is 82.2 cm³/mol. The van der Waals surface area contributed by atoms with Gasteiger partial charge in [-0.25, -0.2) is 12.7 Å². The van der Waals surface area contributed by atoms with Crippen molar-refractivity contribution in [1.29, 1.82) is 0 Å². The molecule has 6 heteroatoms. The molecule has 1 aliphatic heterocycles. The monoisotopic (exact) mass is 310 g/mol. The van der Waals surface area contributed by atoms with E-state index in [-0.39, 0.29) is 11.8 Å². The Morgan fingerprint density at radius 2 is 2.00 bits per heavy atom. The molecule has 5 nitrogen and oxygen atoms in total. The molecular weight excluding hydrogens is 288 g/mol. The molecular formula is C15H22N2O3S. The molecule has 1 amide bonds. The second-order valence-electron chi connectivity index (χ2n) is 5.66. The molecule has 1 atom stereocenters. The SMILES string of the molecule is Cc1ccc(CNC(=O)[C@@H]2CCCN(S(C)(=O)=O)C2)cc1. The summed E-state index contributed by atoms with van der Waals surface area (Å²) < 4.78 is 24.5. The zero-order valence-corrected chi connectivity index (χ0v) is 13.3.